The fourth-order valence-corrected chi connectivity index (χ4v) is 3.62. The summed E-state index contributed by atoms with van der Waals surface area (Å²) < 4.78 is 0. The van der Waals surface area contributed by atoms with Gasteiger partial charge in [0.15, 0.2) is 0 Å². The summed E-state index contributed by atoms with van der Waals surface area (Å²) in [5.74, 6) is 0.00273. The van der Waals surface area contributed by atoms with E-state index in [4.69, 9.17) is 0 Å². The maximum absolute atomic E-state index is 12.8. The van der Waals surface area contributed by atoms with Crippen LogP contribution in [0, 0.1) is 6.92 Å². The molecule has 0 spiro atoms. The molecular formula is C24H26N4O. The molecule has 1 amide bonds. The fraction of sp³-hybridized carbons (Fsp3) is 0.250. The molecule has 1 N–H and O–H groups in total. The molecule has 4 rings (SSSR count). The lowest BCUT2D eigenvalue weighted by Crippen LogP contribution is -2.49. The molecule has 29 heavy (non-hydrogen) atoms. The predicted molar refractivity (Wildman–Crippen MR) is 117 cm³/mol. The average Bonchev–Trinajstić information content (AvgIpc) is 2.78. The predicted octanol–water partition coefficient (Wildman–Crippen LogP) is 3.96. The van der Waals surface area contributed by atoms with Gasteiger partial charge in [0.25, 0.3) is 5.91 Å². The zero-order valence-corrected chi connectivity index (χ0v) is 16.7. The monoisotopic (exact) mass is 386 g/mol. The van der Waals surface area contributed by atoms with E-state index >= 15 is 0 Å². The molecule has 148 valence electrons. The number of pyridine rings is 1. The topological polar surface area (TPSA) is 48.5 Å². The van der Waals surface area contributed by atoms with Gasteiger partial charge in [-0.2, -0.15) is 0 Å². The summed E-state index contributed by atoms with van der Waals surface area (Å²) >= 11 is 0. The largest absolute Gasteiger partial charge is 0.380 e. The first-order valence-corrected chi connectivity index (χ1v) is 10.0. The molecule has 0 bridgehead atoms. The fourth-order valence-electron chi connectivity index (χ4n) is 3.62. The third-order valence-corrected chi connectivity index (χ3v) is 5.25. The minimum atomic E-state index is 0.00273. The van der Waals surface area contributed by atoms with Gasteiger partial charge in [0.1, 0.15) is 5.69 Å². The Bertz CT molecular complexity index is 948. The molecule has 1 saturated heterocycles. The lowest BCUT2D eigenvalue weighted by molar-refractivity contribution is 0.0741. The number of carbonyl (C=O) groups excluding carboxylic acids is 1. The molecular weight excluding hydrogens is 360 g/mol. The van der Waals surface area contributed by atoms with Gasteiger partial charge in [-0.1, -0.05) is 48.0 Å². The molecule has 3 aromatic rings. The van der Waals surface area contributed by atoms with Crippen LogP contribution in [0.5, 0.6) is 0 Å². The van der Waals surface area contributed by atoms with Crippen LogP contribution in [0.15, 0.2) is 72.9 Å². The highest BCUT2D eigenvalue weighted by Gasteiger charge is 2.23. The van der Waals surface area contributed by atoms with Gasteiger partial charge in [0, 0.05) is 38.4 Å². The molecule has 0 atom stereocenters. The van der Waals surface area contributed by atoms with Gasteiger partial charge < -0.3 is 15.1 Å². The SMILES string of the molecule is Cc1cccc(CNc2ccc(C(=O)N3CCN(c4ccccc4)CC3)nc2)c1. The number of anilines is 2. The smallest absolute Gasteiger partial charge is 0.272 e. The number of rotatable bonds is 5. The van der Waals surface area contributed by atoms with Gasteiger partial charge >= 0.3 is 0 Å². The first-order chi connectivity index (χ1) is 14.2. The third kappa shape index (κ3) is 4.74. The van der Waals surface area contributed by atoms with E-state index in [0.717, 1.165) is 25.3 Å². The lowest BCUT2D eigenvalue weighted by Gasteiger charge is -2.36. The highest BCUT2D eigenvalue weighted by molar-refractivity contribution is 5.92. The van der Waals surface area contributed by atoms with Crippen molar-refractivity contribution in [2.24, 2.45) is 0 Å². The second-order valence-corrected chi connectivity index (χ2v) is 7.39. The van der Waals surface area contributed by atoms with Crippen LogP contribution in [0.1, 0.15) is 21.6 Å². The molecule has 0 saturated carbocycles. The second kappa shape index (κ2) is 8.78. The summed E-state index contributed by atoms with van der Waals surface area (Å²) in [7, 11) is 0. The summed E-state index contributed by atoms with van der Waals surface area (Å²) in [4.78, 5) is 21.4. The van der Waals surface area contributed by atoms with Crippen LogP contribution in [0.2, 0.25) is 0 Å². The third-order valence-electron chi connectivity index (χ3n) is 5.25. The van der Waals surface area contributed by atoms with Crippen molar-refractivity contribution in [3.8, 4) is 0 Å². The normalized spacial score (nSPS) is 14.0. The number of hydrogen-bond acceptors (Lipinski definition) is 4. The number of aromatic nitrogens is 1. The van der Waals surface area contributed by atoms with Crippen LogP contribution in [0.25, 0.3) is 0 Å². The second-order valence-electron chi connectivity index (χ2n) is 7.39. The van der Waals surface area contributed by atoms with Crippen LogP contribution >= 0.6 is 0 Å². The van der Waals surface area contributed by atoms with Gasteiger partial charge in [-0.15, -0.1) is 0 Å². The number of nitrogens with zero attached hydrogens (tertiary/aromatic N) is 3. The average molecular weight is 386 g/mol. The van der Waals surface area contributed by atoms with E-state index in [1.807, 2.05) is 35.2 Å². The molecule has 1 aliphatic rings. The summed E-state index contributed by atoms with van der Waals surface area (Å²) in [6, 6.07) is 22.5. The Balaban J connectivity index is 1.31. The van der Waals surface area contributed by atoms with E-state index in [-0.39, 0.29) is 5.91 Å². The minimum Gasteiger partial charge on any atom is -0.380 e. The molecule has 2 heterocycles. The number of nitrogens with one attached hydrogen (secondary N) is 1. The first kappa shape index (κ1) is 19.0. The Kier molecular flexibility index (Phi) is 5.75. The minimum absolute atomic E-state index is 0.00273. The van der Waals surface area contributed by atoms with Gasteiger partial charge in [0.2, 0.25) is 0 Å². The van der Waals surface area contributed by atoms with Crippen molar-refractivity contribution in [3.05, 3.63) is 89.7 Å². The van der Waals surface area contributed by atoms with Gasteiger partial charge in [-0.05, 0) is 36.8 Å². The van der Waals surface area contributed by atoms with Crippen molar-refractivity contribution in [1.82, 2.24) is 9.88 Å². The Morgan fingerprint density at radius 2 is 1.76 bits per heavy atom. The molecule has 1 aliphatic heterocycles. The first-order valence-electron chi connectivity index (χ1n) is 10.0. The van der Waals surface area contributed by atoms with E-state index in [2.05, 4.69) is 58.5 Å². The molecule has 2 aromatic carbocycles. The number of benzene rings is 2. The Morgan fingerprint density at radius 1 is 0.966 bits per heavy atom. The van der Waals surface area contributed by atoms with Crippen molar-refractivity contribution >= 4 is 17.3 Å². The number of aryl methyl sites for hydroxylation is 1. The Morgan fingerprint density at radius 3 is 2.45 bits per heavy atom. The molecule has 5 heteroatoms. The van der Waals surface area contributed by atoms with E-state index in [1.54, 1.807) is 6.20 Å². The molecule has 5 nitrogen and oxygen atoms in total. The molecule has 0 aliphatic carbocycles. The number of hydrogen-bond donors (Lipinski definition) is 1. The van der Waals surface area contributed by atoms with Crippen molar-refractivity contribution in [3.63, 3.8) is 0 Å². The van der Waals surface area contributed by atoms with Crippen molar-refractivity contribution < 1.29 is 4.79 Å². The van der Waals surface area contributed by atoms with E-state index in [9.17, 15) is 4.79 Å². The Labute approximate surface area is 172 Å². The number of carbonyl (C=O) groups is 1. The number of amides is 1. The van der Waals surface area contributed by atoms with Crippen molar-refractivity contribution in [2.75, 3.05) is 36.4 Å². The van der Waals surface area contributed by atoms with Crippen LogP contribution in [0.3, 0.4) is 0 Å². The van der Waals surface area contributed by atoms with Gasteiger partial charge in [0.05, 0.1) is 11.9 Å². The van der Waals surface area contributed by atoms with Crippen molar-refractivity contribution in [1.29, 1.82) is 0 Å². The number of para-hydroxylation sites is 1. The summed E-state index contributed by atoms with van der Waals surface area (Å²) in [5.41, 5.74) is 5.09. The molecule has 1 aromatic heterocycles. The van der Waals surface area contributed by atoms with E-state index in [0.29, 0.717) is 18.8 Å². The van der Waals surface area contributed by atoms with Crippen LogP contribution in [0.4, 0.5) is 11.4 Å². The van der Waals surface area contributed by atoms with E-state index < -0.39 is 0 Å². The quantitative estimate of drug-likeness (QED) is 0.721. The van der Waals surface area contributed by atoms with E-state index in [1.165, 1.54) is 16.8 Å². The van der Waals surface area contributed by atoms with Crippen LogP contribution < -0.4 is 10.2 Å². The molecule has 1 fully saturated rings. The summed E-state index contributed by atoms with van der Waals surface area (Å²) in [6.07, 6.45) is 1.74. The zero-order chi connectivity index (χ0) is 20.1. The Hall–Kier alpha value is -3.34. The van der Waals surface area contributed by atoms with Crippen molar-refractivity contribution in [2.45, 2.75) is 13.5 Å². The highest BCUT2D eigenvalue weighted by atomic mass is 16.2. The lowest BCUT2D eigenvalue weighted by atomic mass is 10.1. The highest BCUT2D eigenvalue weighted by Crippen LogP contribution is 2.17. The van der Waals surface area contributed by atoms with Crippen LogP contribution in [-0.4, -0.2) is 42.0 Å². The maximum atomic E-state index is 12.8. The molecule has 0 unspecified atom stereocenters. The van der Waals surface area contributed by atoms with Gasteiger partial charge in [-0.3, -0.25) is 4.79 Å². The van der Waals surface area contributed by atoms with Gasteiger partial charge in [-0.25, -0.2) is 4.98 Å². The molecule has 0 radical (unpaired) electrons. The standard InChI is InChI=1S/C24H26N4O/c1-19-6-5-7-20(16-19)17-25-21-10-11-23(26-18-21)24(29)28-14-12-27(13-15-28)22-8-3-2-4-9-22/h2-11,16,18,25H,12-15,17H2,1H3. The van der Waals surface area contributed by atoms with Crippen LogP contribution in [-0.2, 0) is 6.54 Å². The number of piperazine rings is 1. The summed E-state index contributed by atoms with van der Waals surface area (Å²) in [5, 5.41) is 3.36. The summed E-state index contributed by atoms with van der Waals surface area (Å²) in [6.45, 7) is 5.92. The maximum Gasteiger partial charge on any atom is 0.272 e. The zero-order valence-electron chi connectivity index (χ0n) is 16.7.